The predicted octanol–water partition coefficient (Wildman–Crippen LogP) is 1.67. The Balaban J connectivity index is 1.98. The fourth-order valence-electron chi connectivity index (χ4n) is 3.48. The number of ether oxygens (including phenoxy) is 2. The van der Waals surface area contributed by atoms with E-state index in [0.29, 0.717) is 18.0 Å². The van der Waals surface area contributed by atoms with Gasteiger partial charge in [0.15, 0.2) is 0 Å². The van der Waals surface area contributed by atoms with Crippen molar-refractivity contribution in [3.8, 4) is 11.5 Å². The summed E-state index contributed by atoms with van der Waals surface area (Å²) in [4.78, 5) is 14.8. The molecule has 0 spiro atoms. The molecular formula is C18H23N3O5S. The van der Waals surface area contributed by atoms with Crippen molar-refractivity contribution in [2.75, 3.05) is 20.8 Å². The van der Waals surface area contributed by atoms with Gasteiger partial charge >= 0.3 is 0 Å². The Labute approximate surface area is 158 Å². The molecule has 146 valence electrons. The second kappa shape index (κ2) is 7.24. The zero-order chi connectivity index (χ0) is 19.8. The average molecular weight is 393 g/mol. The number of nitrogens with zero attached hydrogens (tertiary/aromatic N) is 2. The number of sulfonamides is 1. The second-order valence-corrected chi connectivity index (χ2v) is 8.04. The van der Waals surface area contributed by atoms with Crippen LogP contribution in [0.25, 0.3) is 0 Å². The quantitative estimate of drug-likeness (QED) is 0.832. The van der Waals surface area contributed by atoms with Crippen LogP contribution in [-0.4, -0.2) is 44.6 Å². The van der Waals surface area contributed by atoms with Crippen molar-refractivity contribution in [3.05, 3.63) is 41.7 Å². The topological polar surface area (TPSA) is 104 Å². The third kappa shape index (κ3) is 3.65. The zero-order valence-corrected chi connectivity index (χ0v) is 16.3. The molecular weight excluding hydrogens is 370 g/mol. The lowest BCUT2D eigenvalue weighted by atomic mass is 10.0. The largest absolute Gasteiger partial charge is 0.497 e. The molecule has 1 saturated heterocycles. The van der Waals surface area contributed by atoms with E-state index in [-0.39, 0.29) is 22.5 Å². The van der Waals surface area contributed by atoms with E-state index in [9.17, 15) is 13.2 Å². The number of carbonyl (C=O) groups is 1. The molecule has 27 heavy (non-hydrogen) atoms. The molecule has 8 nitrogen and oxygen atoms in total. The molecule has 0 saturated carbocycles. The van der Waals surface area contributed by atoms with Crippen molar-refractivity contribution >= 4 is 15.9 Å². The zero-order valence-electron chi connectivity index (χ0n) is 15.5. The van der Waals surface area contributed by atoms with Crippen LogP contribution in [0.4, 0.5) is 0 Å². The Morgan fingerprint density at radius 1 is 1.22 bits per heavy atom. The monoisotopic (exact) mass is 393 g/mol. The van der Waals surface area contributed by atoms with Gasteiger partial charge in [-0.3, -0.25) is 4.79 Å². The molecule has 1 aromatic carbocycles. The van der Waals surface area contributed by atoms with Gasteiger partial charge in [-0.25, -0.2) is 13.6 Å². The van der Waals surface area contributed by atoms with E-state index >= 15 is 0 Å². The lowest BCUT2D eigenvalue weighted by Crippen LogP contribution is -2.32. The molecule has 1 fully saturated rings. The van der Waals surface area contributed by atoms with E-state index in [1.807, 2.05) is 12.1 Å². The molecule has 9 heteroatoms. The fourth-order valence-corrected chi connectivity index (χ4v) is 4.06. The first-order valence-corrected chi connectivity index (χ1v) is 10.0. The number of hydrogen-bond donors (Lipinski definition) is 1. The minimum atomic E-state index is -3.88. The minimum Gasteiger partial charge on any atom is -0.497 e. The number of methoxy groups -OCH3 is 2. The number of benzene rings is 1. The van der Waals surface area contributed by atoms with Gasteiger partial charge in [-0.15, -0.1) is 0 Å². The van der Waals surface area contributed by atoms with Crippen LogP contribution in [0.5, 0.6) is 11.5 Å². The van der Waals surface area contributed by atoms with Crippen molar-refractivity contribution in [2.45, 2.75) is 23.8 Å². The summed E-state index contributed by atoms with van der Waals surface area (Å²) in [6.07, 6.45) is 2.96. The van der Waals surface area contributed by atoms with Crippen LogP contribution in [0.15, 0.2) is 35.4 Å². The first kappa shape index (κ1) is 19.2. The maximum Gasteiger partial charge on any atom is 0.271 e. The SMILES string of the molecule is COc1ccc(OC)c([C@@H]2CCCN2C(=O)c2cc(S(N)(=O)=O)cn2C)c1. The van der Waals surface area contributed by atoms with Crippen LogP contribution in [0, 0.1) is 0 Å². The first-order chi connectivity index (χ1) is 12.8. The molecule has 2 aromatic rings. The molecule has 0 radical (unpaired) electrons. The number of likely N-dealkylation sites (tertiary alicyclic amines) is 1. The maximum absolute atomic E-state index is 13.1. The van der Waals surface area contributed by atoms with Crippen LogP contribution in [0.2, 0.25) is 0 Å². The highest BCUT2D eigenvalue weighted by atomic mass is 32.2. The summed E-state index contributed by atoms with van der Waals surface area (Å²) in [6.45, 7) is 0.569. The third-order valence-electron chi connectivity index (χ3n) is 4.84. The highest BCUT2D eigenvalue weighted by Crippen LogP contribution is 2.39. The Hall–Kier alpha value is -2.52. The highest BCUT2D eigenvalue weighted by Gasteiger charge is 2.34. The van der Waals surface area contributed by atoms with Crippen LogP contribution < -0.4 is 14.6 Å². The lowest BCUT2D eigenvalue weighted by molar-refractivity contribution is 0.0724. The summed E-state index contributed by atoms with van der Waals surface area (Å²) in [7, 11) is 0.920. The van der Waals surface area contributed by atoms with Gasteiger partial charge in [0.1, 0.15) is 22.1 Å². The standard InChI is InChI=1S/C18H23N3O5S/c1-20-11-13(27(19,23)24)10-16(20)18(22)21-8-4-5-15(21)14-9-12(25-2)6-7-17(14)26-3/h6-7,9-11,15H,4-5,8H2,1-3H3,(H2,19,23,24)/t15-/m0/s1. The molecule has 1 atom stereocenters. The van der Waals surface area contributed by atoms with E-state index in [0.717, 1.165) is 18.4 Å². The second-order valence-electron chi connectivity index (χ2n) is 6.48. The number of amides is 1. The Kier molecular flexibility index (Phi) is 5.16. The normalized spacial score (nSPS) is 17.2. The van der Waals surface area contributed by atoms with Gasteiger partial charge < -0.3 is 18.9 Å². The van der Waals surface area contributed by atoms with Crippen molar-refractivity contribution in [2.24, 2.45) is 12.2 Å². The summed E-state index contributed by atoms with van der Waals surface area (Å²) in [6, 6.07) is 6.62. The molecule has 1 aliphatic heterocycles. The van der Waals surface area contributed by atoms with Crippen molar-refractivity contribution in [3.63, 3.8) is 0 Å². The molecule has 0 aliphatic carbocycles. The molecule has 0 unspecified atom stereocenters. The van der Waals surface area contributed by atoms with Crippen LogP contribution in [0.1, 0.15) is 34.9 Å². The van der Waals surface area contributed by atoms with Crippen molar-refractivity contribution in [1.29, 1.82) is 0 Å². The summed E-state index contributed by atoms with van der Waals surface area (Å²) >= 11 is 0. The van der Waals surface area contributed by atoms with Gasteiger partial charge in [0.25, 0.3) is 5.91 Å². The van der Waals surface area contributed by atoms with E-state index in [1.165, 1.54) is 16.8 Å². The smallest absolute Gasteiger partial charge is 0.271 e. The first-order valence-electron chi connectivity index (χ1n) is 8.48. The van der Waals surface area contributed by atoms with Crippen molar-refractivity contribution < 1.29 is 22.7 Å². The van der Waals surface area contributed by atoms with Gasteiger partial charge in [-0.1, -0.05) is 0 Å². The van der Waals surface area contributed by atoms with Gasteiger partial charge in [0.2, 0.25) is 10.0 Å². The lowest BCUT2D eigenvalue weighted by Gasteiger charge is -2.26. The van der Waals surface area contributed by atoms with Gasteiger partial charge in [0.05, 0.1) is 20.3 Å². The van der Waals surface area contributed by atoms with E-state index in [2.05, 4.69) is 0 Å². The molecule has 1 amide bonds. The van der Waals surface area contributed by atoms with E-state index < -0.39 is 10.0 Å². The summed E-state index contributed by atoms with van der Waals surface area (Å²) < 4.78 is 35.4. The summed E-state index contributed by atoms with van der Waals surface area (Å²) in [5, 5.41) is 5.18. The number of primary sulfonamides is 1. The number of aromatic nitrogens is 1. The summed E-state index contributed by atoms with van der Waals surface area (Å²) in [5.74, 6) is 1.11. The average Bonchev–Trinajstić information content (AvgIpc) is 3.27. The van der Waals surface area contributed by atoms with E-state index in [1.54, 1.807) is 32.2 Å². The Morgan fingerprint density at radius 3 is 2.56 bits per heavy atom. The highest BCUT2D eigenvalue weighted by molar-refractivity contribution is 7.89. The molecule has 1 aromatic heterocycles. The molecule has 1 aliphatic rings. The number of aryl methyl sites for hydroxylation is 1. The molecule has 3 rings (SSSR count). The Bertz CT molecular complexity index is 967. The Morgan fingerprint density at radius 2 is 1.96 bits per heavy atom. The number of carbonyl (C=O) groups excluding carboxylic acids is 1. The van der Waals surface area contributed by atoms with Gasteiger partial charge in [0, 0.05) is 25.4 Å². The number of rotatable bonds is 5. The summed E-state index contributed by atoms with van der Waals surface area (Å²) in [5.41, 5.74) is 1.14. The third-order valence-corrected chi connectivity index (χ3v) is 5.72. The maximum atomic E-state index is 13.1. The van der Waals surface area contributed by atoms with Crippen LogP contribution >= 0.6 is 0 Å². The minimum absolute atomic E-state index is 0.0805. The number of nitrogens with two attached hydrogens (primary N) is 1. The number of hydrogen-bond acceptors (Lipinski definition) is 5. The molecule has 2 N–H and O–H groups in total. The predicted molar refractivity (Wildman–Crippen MR) is 99.3 cm³/mol. The molecule has 0 bridgehead atoms. The molecule has 2 heterocycles. The fraction of sp³-hybridized carbons (Fsp3) is 0.389. The van der Waals surface area contributed by atoms with Crippen LogP contribution in [-0.2, 0) is 17.1 Å². The van der Waals surface area contributed by atoms with E-state index in [4.69, 9.17) is 14.6 Å². The van der Waals surface area contributed by atoms with Gasteiger partial charge in [-0.05, 0) is 37.1 Å². The van der Waals surface area contributed by atoms with Crippen LogP contribution in [0.3, 0.4) is 0 Å². The van der Waals surface area contributed by atoms with Gasteiger partial charge in [-0.2, -0.15) is 0 Å². The van der Waals surface area contributed by atoms with Crippen molar-refractivity contribution in [1.82, 2.24) is 9.47 Å².